The van der Waals surface area contributed by atoms with Crippen molar-refractivity contribution in [1.82, 2.24) is 10.1 Å². The monoisotopic (exact) mass is 289 g/mol. The predicted octanol–water partition coefficient (Wildman–Crippen LogP) is 2.02. The van der Waals surface area contributed by atoms with E-state index >= 15 is 0 Å². The van der Waals surface area contributed by atoms with Crippen molar-refractivity contribution < 1.29 is 14.0 Å². The summed E-state index contributed by atoms with van der Waals surface area (Å²) in [7, 11) is 3.72. The summed E-state index contributed by atoms with van der Waals surface area (Å²) >= 11 is 0. The lowest BCUT2D eigenvalue weighted by Gasteiger charge is -2.16. The molecule has 0 saturated carbocycles. The number of likely N-dealkylation sites (tertiary alicyclic amines) is 1. The summed E-state index contributed by atoms with van der Waals surface area (Å²) in [6.45, 7) is 1.99. The third-order valence-corrected chi connectivity index (χ3v) is 3.63. The van der Waals surface area contributed by atoms with Gasteiger partial charge in [0.2, 0.25) is 5.88 Å². The van der Waals surface area contributed by atoms with Crippen molar-refractivity contribution in [3.63, 3.8) is 0 Å². The molecule has 6 nitrogen and oxygen atoms in total. The predicted molar refractivity (Wildman–Crippen MR) is 79.4 cm³/mol. The highest BCUT2D eigenvalue weighted by Gasteiger charge is 2.22. The van der Waals surface area contributed by atoms with E-state index in [1.54, 1.807) is 13.2 Å². The number of methoxy groups -OCH3 is 1. The number of aromatic nitrogens is 1. The molecule has 0 spiro atoms. The first-order valence-electron chi connectivity index (χ1n) is 6.91. The number of ether oxygens (including phenoxy) is 2. The van der Waals surface area contributed by atoms with Crippen LogP contribution in [0.2, 0.25) is 0 Å². The molecule has 3 rings (SSSR count). The SMILES string of the molecule is COc1cc(-c2cc(N)on2)ccc1OC1CCN(C)C1. The van der Waals surface area contributed by atoms with Crippen LogP contribution in [-0.2, 0) is 0 Å². The van der Waals surface area contributed by atoms with Crippen LogP contribution < -0.4 is 15.2 Å². The van der Waals surface area contributed by atoms with Crippen molar-refractivity contribution in [2.45, 2.75) is 12.5 Å². The van der Waals surface area contributed by atoms with E-state index in [0.29, 0.717) is 17.3 Å². The average molecular weight is 289 g/mol. The Morgan fingerprint density at radius 3 is 2.81 bits per heavy atom. The Labute approximate surface area is 123 Å². The van der Waals surface area contributed by atoms with Crippen LogP contribution in [0.3, 0.4) is 0 Å². The molecule has 1 aliphatic heterocycles. The summed E-state index contributed by atoms with van der Waals surface area (Å²) in [5.41, 5.74) is 7.11. The van der Waals surface area contributed by atoms with E-state index in [-0.39, 0.29) is 6.10 Å². The lowest BCUT2D eigenvalue weighted by atomic mass is 10.1. The Kier molecular flexibility index (Phi) is 3.70. The van der Waals surface area contributed by atoms with Gasteiger partial charge in [0.15, 0.2) is 11.5 Å². The molecule has 21 heavy (non-hydrogen) atoms. The second-order valence-corrected chi connectivity index (χ2v) is 5.27. The molecule has 1 atom stereocenters. The van der Waals surface area contributed by atoms with Crippen molar-refractivity contribution in [2.75, 3.05) is 33.0 Å². The van der Waals surface area contributed by atoms with Crippen molar-refractivity contribution in [2.24, 2.45) is 0 Å². The number of benzene rings is 1. The third-order valence-electron chi connectivity index (χ3n) is 3.63. The van der Waals surface area contributed by atoms with Crippen LogP contribution in [0.1, 0.15) is 6.42 Å². The van der Waals surface area contributed by atoms with Gasteiger partial charge >= 0.3 is 0 Å². The fourth-order valence-corrected chi connectivity index (χ4v) is 2.52. The van der Waals surface area contributed by atoms with Crippen LogP contribution in [0.5, 0.6) is 11.5 Å². The second kappa shape index (κ2) is 5.65. The zero-order valence-electron chi connectivity index (χ0n) is 12.2. The van der Waals surface area contributed by atoms with Gasteiger partial charge in [-0.3, -0.25) is 0 Å². The van der Waals surface area contributed by atoms with E-state index in [4.69, 9.17) is 19.7 Å². The Bertz CT molecular complexity index is 626. The Balaban J connectivity index is 1.82. The Morgan fingerprint density at radius 2 is 2.19 bits per heavy atom. The molecule has 6 heteroatoms. The van der Waals surface area contributed by atoms with Gasteiger partial charge in [0.1, 0.15) is 11.8 Å². The van der Waals surface area contributed by atoms with Crippen LogP contribution in [0.15, 0.2) is 28.8 Å². The molecule has 1 unspecified atom stereocenters. The quantitative estimate of drug-likeness (QED) is 0.928. The molecule has 2 N–H and O–H groups in total. The van der Waals surface area contributed by atoms with Crippen LogP contribution in [0.25, 0.3) is 11.3 Å². The molecule has 1 aromatic heterocycles. The maximum atomic E-state index is 6.03. The molecule has 0 amide bonds. The molecule has 1 aliphatic rings. The van der Waals surface area contributed by atoms with Gasteiger partial charge in [0, 0.05) is 24.7 Å². The van der Waals surface area contributed by atoms with Crippen LogP contribution in [-0.4, -0.2) is 43.4 Å². The van der Waals surface area contributed by atoms with Gasteiger partial charge in [0.05, 0.1) is 7.11 Å². The number of nitrogens with zero attached hydrogens (tertiary/aromatic N) is 2. The molecular formula is C15H19N3O3. The van der Waals surface area contributed by atoms with Gasteiger partial charge < -0.3 is 24.6 Å². The highest BCUT2D eigenvalue weighted by molar-refractivity contribution is 5.65. The lowest BCUT2D eigenvalue weighted by molar-refractivity contribution is 0.199. The zero-order chi connectivity index (χ0) is 14.8. The van der Waals surface area contributed by atoms with Gasteiger partial charge in [-0.05, 0) is 31.7 Å². The molecule has 1 fully saturated rings. The number of hydrogen-bond donors (Lipinski definition) is 1. The molecule has 0 bridgehead atoms. The molecule has 2 aromatic rings. The van der Waals surface area contributed by atoms with E-state index in [0.717, 1.165) is 30.8 Å². The summed E-state index contributed by atoms with van der Waals surface area (Å²) in [5.74, 6) is 1.72. The third kappa shape index (κ3) is 2.95. The highest BCUT2D eigenvalue weighted by Crippen LogP contribution is 2.34. The lowest BCUT2D eigenvalue weighted by Crippen LogP contribution is -2.21. The minimum atomic E-state index is 0.206. The number of likely N-dealkylation sites (N-methyl/N-ethyl adjacent to an activating group) is 1. The first kappa shape index (κ1) is 13.8. The van der Waals surface area contributed by atoms with Crippen LogP contribution in [0.4, 0.5) is 5.88 Å². The van der Waals surface area contributed by atoms with Crippen molar-refractivity contribution in [1.29, 1.82) is 0 Å². The first-order chi connectivity index (χ1) is 10.2. The largest absolute Gasteiger partial charge is 0.493 e. The van der Waals surface area contributed by atoms with Crippen molar-refractivity contribution >= 4 is 5.88 Å². The number of nitrogens with two attached hydrogens (primary N) is 1. The fourth-order valence-electron chi connectivity index (χ4n) is 2.52. The molecule has 112 valence electrons. The maximum absolute atomic E-state index is 6.03. The summed E-state index contributed by atoms with van der Waals surface area (Å²) in [6, 6.07) is 7.39. The molecule has 0 radical (unpaired) electrons. The molecule has 1 aromatic carbocycles. The molecule has 2 heterocycles. The van der Waals surface area contributed by atoms with Crippen LogP contribution >= 0.6 is 0 Å². The van der Waals surface area contributed by atoms with Gasteiger partial charge in [-0.1, -0.05) is 5.16 Å². The highest BCUT2D eigenvalue weighted by atomic mass is 16.5. The minimum absolute atomic E-state index is 0.206. The Hall–Kier alpha value is -2.21. The topological polar surface area (TPSA) is 73.8 Å². The molecular weight excluding hydrogens is 270 g/mol. The van der Waals surface area contributed by atoms with Gasteiger partial charge in [-0.2, -0.15) is 0 Å². The standard InChI is InChI=1S/C15H19N3O3/c1-18-6-5-11(9-18)20-13-4-3-10(7-14(13)19-2)12-8-15(16)21-17-12/h3-4,7-8,11H,5-6,9,16H2,1-2H3. The van der Waals surface area contributed by atoms with Crippen molar-refractivity contribution in [3.05, 3.63) is 24.3 Å². The van der Waals surface area contributed by atoms with E-state index in [1.807, 2.05) is 18.2 Å². The summed E-state index contributed by atoms with van der Waals surface area (Å²) in [6.07, 6.45) is 1.23. The number of hydrogen-bond acceptors (Lipinski definition) is 6. The number of nitrogen functional groups attached to an aromatic ring is 1. The van der Waals surface area contributed by atoms with E-state index in [1.165, 1.54) is 0 Å². The van der Waals surface area contributed by atoms with Crippen LogP contribution in [0, 0.1) is 0 Å². The van der Waals surface area contributed by atoms with Gasteiger partial charge in [0.25, 0.3) is 0 Å². The van der Waals surface area contributed by atoms with E-state index < -0.39 is 0 Å². The van der Waals surface area contributed by atoms with E-state index in [9.17, 15) is 0 Å². The minimum Gasteiger partial charge on any atom is -0.493 e. The summed E-state index contributed by atoms with van der Waals surface area (Å²) in [4.78, 5) is 2.25. The Morgan fingerprint density at radius 1 is 1.33 bits per heavy atom. The first-order valence-corrected chi connectivity index (χ1v) is 6.91. The fraction of sp³-hybridized carbons (Fsp3) is 0.400. The zero-order valence-corrected chi connectivity index (χ0v) is 12.2. The molecule has 0 aliphatic carbocycles. The van der Waals surface area contributed by atoms with Gasteiger partial charge in [-0.15, -0.1) is 0 Å². The van der Waals surface area contributed by atoms with E-state index in [2.05, 4.69) is 17.1 Å². The van der Waals surface area contributed by atoms with Crippen molar-refractivity contribution in [3.8, 4) is 22.8 Å². The van der Waals surface area contributed by atoms with Gasteiger partial charge in [-0.25, -0.2) is 0 Å². The molecule has 1 saturated heterocycles. The normalized spacial score (nSPS) is 18.9. The summed E-state index contributed by atoms with van der Waals surface area (Å²) in [5, 5.41) is 3.90. The number of rotatable bonds is 4. The average Bonchev–Trinajstić information content (AvgIpc) is 3.08. The number of anilines is 1. The maximum Gasteiger partial charge on any atom is 0.222 e. The summed E-state index contributed by atoms with van der Waals surface area (Å²) < 4.78 is 16.3. The second-order valence-electron chi connectivity index (χ2n) is 5.27. The smallest absolute Gasteiger partial charge is 0.222 e.